The van der Waals surface area contributed by atoms with Crippen molar-refractivity contribution in [3.63, 3.8) is 0 Å². The zero-order chi connectivity index (χ0) is 42.5. The van der Waals surface area contributed by atoms with Crippen LogP contribution in [0.1, 0.15) is 22.3 Å². The molecule has 0 N–H and O–H groups in total. The summed E-state index contributed by atoms with van der Waals surface area (Å²) in [5, 5.41) is 0. The summed E-state index contributed by atoms with van der Waals surface area (Å²) in [6.07, 6.45) is 0. The summed E-state index contributed by atoms with van der Waals surface area (Å²) in [6, 6.07) is 91.8. The molecule has 0 atom stereocenters. The van der Waals surface area contributed by atoms with Gasteiger partial charge in [-0.1, -0.05) is 176 Å². The molecule has 2 heterocycles. The lowest BCUT2D eigenvalue weighted by atomic mass is 9.61. The van der Waals surface area contributed by atoms with Gasteiger partial charge in [0.05, 0.1) is 16.8 Å². The molecule has 0 bridgehead atoms. The highest BCUT2D eigenvalue weighted by atomic mass is 16.5. The quantitative estimate of drug-likeness (QED) is 0.159. The van der Waals surface area contributed by atoms with Crippen LogP contribution >= 0.6 is 0 Å². The van der Waals surface area contributed by atoms with E-state index in [1.165, 1.54) is 33.4 Å². The largest absolute Gasteiger partial charge is 0.457 e. The standard InChI is InChI=1S/C61H42N2O/c1-4-16-43(17-5-1)45-28-35-50(36-29-45)62(51-37-30-46(31-38-51)44-18-6-2-7-19-44)52-39-32-47(33-40-52)48-34-41-58-56(42-48)61(53-22-10-13-25-57(53)63(58)49-20-8-3-9-21-49)54-23-11-14-26-59(54)64-60-27-15-12-24-55(60)61/h1-42H. The van der Waals surface area contributed by atoms with Crippen LogP contribution in [0.25, 0.3) is 33.4 Å². The molecule has 0 aromatic heterocycles. The van der Waals surface area contributed by atoms with Gasteiger partial charge < -0.3 is 14.5 Å². The molecule has 0 amide bonds. The molecule has 3 heteroatoms. The first kappa shape index (κ1) is 37.4. The second-order valence-corrected chi connectivity index (χ2v) is 16.5. The van der Waals surface area contributed by atoms with E-state index in [0.717, 1.165) is 67.9 Å². The Kier molecular flexibility index (Phi) is 9.05. The van der Waals surface area contributed by atoms with Gasteiger partial charge in [-0.15, -0.1) is 0 Å². The summed E-state index contributed by atoms with van der Waals surface area (Å²) >= 11 is 0. The lowest BCUT2D eigenvalue weighted by molar-refractivity contribution is 0.434. The topological polar surface area (TPSA) is 15.7 Å². The van der Waals surface area contributed by atoms with Gasteiger partial charge in [-0.05, 0) is 123 Å². The van der Waals surface area contributed by atoms with Gasteiger partial charge in [0.1, 0.15) is 11.5 Å². The van der Waals surface area contributed by atoms with Crippen molar-refractivity contribution in [2.75, 3.05) is 9.80 Å². The van der Waals surface area contributed by atoms with Crippen molar-refractivity contribution >= 4 is 34.1 Å². The Hall–Kier alpha value is -8.40. The number of rotatable bonds is 7. The predicted octanol–water partition coefficient (Wildman–Crippen LogP) is 16.4. The molecular weight excluding hydrogens is 777 g/mol. The lowest BCUT2D eigenvalue weighted by Gasteiger charge is -2.48. The van der Waals surface area contributed by atoms with Crippen LogP contribution in [0, 0.1) is 0 Å². The van der Waals surface area contributed by atoms with Crippen LogP contribution in [0.3, 0.4) is 0 Å². The minimum absolute atomic E-state index is 0.646. The third-order valence-electron chi connectivity index (χ3n) is 12.9. The lowest BCUT2D eigenvalue weighted by Crippen LogP contribution is -2.39. The third-order valence-corrected chi connectivity index (χ3v) is 12.9. The Bertz CT molecular complexity index is 3140. The molecule has 2 aliphatic heterocycles. The zero-order valence-corrected chi connectivity index (χ0v) is 35.1. The number of fused-ring (bicyclic) bond motifs is 8. The zero-order valence-electron chi connectivity index (χ0n) is 35.1. The molecule has 0 saturated heterocycles. The van der Waals surface area contributed by atoms with E-state index in [4.69, 9.17) is 4.74 Å². The first-order valence-corrected chi connectivity index (χ1v) is 21.9. The maximum absolute atomic E-state index is 6.71. The van der Waals surface area contributed by atoms with Crippen LogP contribution in [0.15, 0.2) is 255 Å². The van der Waals surface area contributed by atoms with Crippen molar-refractivity contribution in [2.45, 2.75) is 5.41 Å². The van der Waals surface area contributed by atoms with Gasteiger partial charge >= 0.3 is 0 Å². The molecule has 3 nitrogen and oxygen atoms in total. The van der Waals surface area contributed by atoms with Gasteiger partial charge in [-0.25, -0.2) is 0 Å². The van der Waals surface area contributed by atoms with Crippen molar-refractivity contribution in [3.05, 3.63) is 277 Å². The van der Waals surface area contributed by atoms with Gasteiger partial charge in [0.25, 0.3) is 0 Å². The molecular formula is C61H42N2O. The molecule has 2 aliphatic rings. The van der Waals surface area contributed by atoms with E-state index in [1.54, 1.807) is 0 Å². The smallest absolute Gasteiger partial charge is 0.132 e. The maximum atomic E-state index is 6.71. The number of para-hydroxylation sites is 4. The SMILES string of the molecule is c1ccc(-c2ccc(N(c3ccc(-c4ccccc4)cc3)c3ccc(-c4ccc5c(c4)C4(c6ccccc6Oc6ccccc64)c4ccccc4N5c4ccccc4)cc3)cc2)cc1. The van der Waals surface area contributed by atoms with E-state index in [9.17, 15) is 0 Å². The first-order chi connectivity index (χ1) is 31.7. The van der Waals surface area contributed by atoms with Gasteiger partial charge in [0.15, 0.2) is 0 Å². The molecule has 0 fully saturated rings. The van der Waals surface area contributed by atoms with E-state index < -0.39 is 5.41 Å². The average Bonchev–Trinajstić information content (AvgIpc) is 3.38. The Morgan fingerprint density at radius 3 is 1.19 bits per heavy atom. The molecule has 0 unspecified atom stereocenters. The molecule has 12 rings (SSSR count). The van der Waals surface area contributed by atoms with Gasteiger partial charge in [0, 0.05) is 33.9 Å². The predicted molar refractivity (Wildman–Crippen MR) is 264 cm³/mol. The molecule has 0 aliphatic carbocycles. The second kappa shape index (κ2) is 15.5. The van der Waals surface area contributed by atoms with Crippen LogP contribution in [-0.2, 0) is 5.41 Å². The van der Waals surface area contributed by atoms with E-state index in [0.29, 0.717) is 0 Å². The van der Waals surface area contributed by atoms with Gasteiger partial charge in [-0.2, -0.15) is 0 Å². The Morgan fingerprint density at radius 1 is 0.297 bits per heavy atom. The monoisotopic (exact) mass is 818 g/mol. The summed E-state index contributed by atoms with van der Waals surface area (Å²) in [5.74, 6) is 1.75. The van der Waals surface area contributed by atoms with Crippen LogP contribution in [0.2, 0.25) is 0 Å². The first-order valence-electron chi connectivity index (χ1n) is 21.9. The summed E-state index contributed by atoms with van der Waals surface area (Å²) < 4.78 is 6.71. The van der Waals surface area contributed by atoms with Crippen molar-refractivity contribution in [1.29, 1.82) is 0 Å². The van der Waals surface area contributed by atoms with Crippen molar-refractivity contribution in [1.82, 2.24) is 0 Å². The molecule has 0 radical (unpaired) electrons. The molecule has 64 heavy (non-hydrogen) atoms. The van der Waals surface area contributed by atoms with Crippen molar-refractivity contribution in [3.8, 4) is 44.9 Å². The van der Waals surface area contributed by atoms with Crippen LogP contribution in [0.5, 0.6) is 11.5 Å². The minimum Gasteiger partial charge on any atom is -0.457 e. The van der Waals surface area contributed by atoms with E-state index in [-0.39, 0.29) is 0 Å². The Morgan fingerprint density at radius 2 is 0.672 bits per heavy atom. The number of ether oxygens (including phenoxy) is 1. The Balaban J connectivity index is 1.01. The van der Waals surface area contributed by atoms with E-state index in [2.05, 4.69) is 265 Å². The fourth-order valence-corrected chi connectivity index (χ4v) is 10.0. The summed E-state index contributed by atoms with van der Waals surface area (Å²) in [6.45, 7) is 0. The molecule has 302 valence electrons. The van der Waals surface area contributed by atoms with E-state index in [1.807, 2.05) is 0 Å². The number of hydrogen-bond acceptors (Lipinski definition) is 3. The third kappa shape index (κ3) is 6.13. The fraction of sp³-hybridized carbons (Fsp3) is 0.0164. The molecule has 10 aromatic rings. The highest BCUT2D eigenvalue weighted by molar-refractivity contribution is 5.92. The number of anilines is 6. The average molecular weight is 819 g/mol. The van der Waals surface area contributed by atoms with Crippen LogP contribution in [-0.4, -0.2) is 0 Å². The van der Waals surface area contributed by atoms with Crippen LogP contribution < -0.4 is 14.5 Å². The van der Waals surface area contributed by atoms with Gasteiger partial charge in [-0.3, -0.25) is 0 Å². The summed E-state index contributed by atoms with van der Waals surface area (Å²) in [7, 11) is 0. The summed E-state index contributed by atoms with van der Waals surface area (Å²) in [4.78, 5) is 4.77. The number of nitrogens with zero attached hydrogens (tertiary/aromatic N) is 2. The van der Waals surface area contributed by atoms with Crippen molar-refractivity contribution in [2.24, 2.45) is 0 Å². The highest BCUT2D eigenvalue weighted by Crippen LogP contribution is 2.63. The fourth-order valence-electron chi connectivity index (χ4n) is 10.0. The molecule has 0 saturated carbocycles. The van der Waals surface area contributed by atoms with Crippen LogP contribution in [0.4, 0.5) is 34.1 Å². The van der Waals surface area contributed by atoms with Gasteiger partial charge in [0.2, 0.25) is 0 Å². The number of benzene rings is 10. The van der Waals surface area contributed by atoms with E-state index >= 15 is 0 Å². The normalized spacial score (nSPS) is 12.9. The highest BCUT2D eigenvalue weighted by Gasteiger charge is 2.51. The molecule has 10 aromatic carbocycles. The minimum atomic E-state index is -0.646. The molecule has 1 spiro atoms. The van der Waals surface area contributed by atoms with Crippen molar-refractivity contribution < 1.29 is 4.74 Å². The second-order valence-electron chi connectivity index (χ2n) is 16.5. The summed E-state index contributed by atoms with van der Waals surface area (Å²) in [5.41, 5.74) is 17.8. The maximum Gasteiger partial charge on any atom is 0.132 e. The Labute approximate surface area is 374 Å². The number of hydrogen-bond donors (Lipinski definition) is 0.